The van der Waals surface area contributed by atoms with Crippen LogP contribution in [0.5, 0.6) is 0 Å². The van der Waals surface area contributed by atoms with Gasteiger partial charge in [-0.2, -0.15) is 0 Å². The van der Waals surface area contributed by atoms with E-state index in [4.69, 9.17) is 5.73 Å². The van der Waals surface area contributed by atoms with Crippen LogP contribution in [0.2, 0.25) is 0 Å². The van der Waals surface area contributed by atoms with Crippen LogP contribution in [0.4, 0.5) is 0 Å². The van der Waals surface area contributed by atoms with E-state index in [1.165, 1.54) is 51.4 Å². The molecule has 148 valence electrons. The lowest BCUT2D eigenvalue weighted by molar-refractivity contribution is -0.780. The van der Waals surface area contributed by atoms with Crippen molar-refractivity contribution in [2.75, 3.05) is 19.6 Å². The number of unbranched alkanes of at least 4 members (excludes halogenated alkanes) is 8. The maximum absolute atomic E-state index is 11.1. The fraction of sp³-hybridized carbons (Fsp3) is 0.714. The van der Waals surface area contributed by atoms with Crippen molar-refractivity contribution >= 4 is 11.8 Å². The van der Waals surface area contributed by atoms with E-state index in [-0.39, 0.29) is 11.0 Å². The summed E-state index contributed by atoms with van der Waals surface area (Å²) in [4.78, 5) is 15.5. The minimum absolute atomic E-state index is 0.0695. The molecule has 2 N–H and O–H groups in total. The molecule has 0 aromatic rings. The highest BCUT2D eigenvalue weighted by molar-refractivity contribution is 5.80. The van der Waals surface area contributed by atoms with E-state index in [1.807, 2.05) is 6.20 Å². The van der Waals surface area contributed by atoms with Gasteiger partial charge in [0, 0.05) is 13.0 Å². The quantitative estimate of drug-likeness (QED) is 0.260. The average molecular weight is 364 g/mol. The summed E-state index contributed by atoms with van der Waals surface area (Å²) in [5.74, 6) is -0.136. The Hall–Kier alpha value is -1.46. The Morgan fingerprint density at radius 3 is 2.38 bits per heavy atom. The standard InChI is InChI=1S/C21H37N3O2/c1-2-3-4-5-6-7-8-9-10-11-12-13-14-20-23-16-18-24(20,17-15-22)19-21(25)26/h3-4,16,18H,2,5-15,17,19,22H2,1H3/b4-3+. The van der Waals surface area contributed by atoms with Crippen LogP contribution in [0.3, 0.4) is 0 Å². The van der Waals surface area contributed by atoms with E-state index < -0.39 is 5.97 Å². The van der Waals surface area contributed by atoms with Crippen LogP contribution in [0.1, 0.15) is 77.6 Å². The van der Waals surface area contributed by atoms with Gasteiger partial charge < -0.3 is 15.6 Å². The first-order valence-electron chi connectivity index (χ1n) is 10.3. The van der Waals surface area contributed by atoms with Crippen molar-refractivity contribution in [2.24, 2.45) is 10.7 Å². The second-order valence-electron chi connectivity index (χ2n) is 7.17. The molecular weight excluding hydrogens is 326 g/mol. The molecule has 0 saturated heterocycles. The van der Waals surface area contributed by atoms with Gasteiger partial charge in [-0.1, -0.05) is 57.6 Å². The number of nitrogens with zero attached hydrogens (tertiary/aromatic N) is 2. The lowest BCUT2D eigenvalue weighted by Crippen LogP contribution is -2.55. The summed E-state index contributed by atoms with van der Waals surface area (Å²) in [7, 11) is 0. The molecule has 26 heavy (non-hydrogen) atoms. The minimum atomic E-state index is -1.05. The molecule has 1 atom stereocenters. The van der Waals surface area contributed by atoms with Crippen LogP contribution in [-0.2, 0) is 4.79 Å². The largest absolute Gasteiger partial charge is 0.544 e. The Labute approximate surface area is 159 Å². The van der Waals surface area contributed by atoms with E-state index >= 15 is 0 Å². The van der Waals surface area contributed by atoms with Gasteiger partial charge in [-0.25, -0.2) is 9.48 Å². The number of allylic oxidation sites excluding steroid dienone is 2. The highest BCUT2D eigenvalue weighted by Gasteiger charge is 2.34. The number of hydrogen-bond acceptors (Lipinski definition) is 4. The van der Waals surface area contributed by atoms with Crippen molar-refractivity contribution in [1.82, 2.24) is 0 Å². The number of carboxylic acid groups (broad SMARTS) is 1. The van der Waals surface area contributed by atoms with Crippen LogP contribution >= 0.6 is 0 Å². The van der Waals surface area contributed by atoms with Crippen LogP contribution in [0.25, 0.3) is 0 Å². The Morgan fingerprint density at radius 2 is 1.77 bits per heavy atom. The molecule has 0 spiro atoms. The van der Waals surface area contributed by atoms with E-state index in [9.17, 15) is 9.90 Å². The molecule has 0 aromatic carbocycles. The predicted octanol–water partition coefficient (Wildman–Crippen LogP) is 3.26. The molecule has 1 unspecified atom stereocenters. The summed E-state index contributed by atoms with van der Waals surface area (Å²) in [5.41, 5.74) is 5.68. The summed E-state index contributed by atoms with van der Waals surface area (Å²) in [6.07, 6.45) is 21.3. The van der Waals surface area contributed by atoms with E-state index in [0.717, 1.165) is 25.1 Å². The van der Waals surface area contributed by atoms with Crippen molar-refractivity contribution in [2.45, 2.75) is 77.6 Å². The third-order valence-electron chi connectivity index (χ3n) is 4.95. The normalized spacial score (nSPS) is 19.4. The SMILES string of the molecule is CC/C=C/CCCCCCCCCCC1=NC=C[N+]1(CCN)CC(=O)[O-]. The molecular formula is C21H37N3O2. The molecule has 1 rings (SSSR count). The predicted molar refractivity (Wildman–Crippen MR) is 106 cm³/mol. The number of carbonyl (C=O) groups is 1. The minimum Gasteiger partial charge on any atom is -0.544 e. The maximum atomic E-state index is 11.1. The van der Waals surface area contributed by atoms with Gasteiger partial charge in [0.25, 0.3) is 0 Å². The van der Waals surface area contributed by atoms with Gasteiger partial charge in [0.05, 0.1) is 12.2 Å². The van der Waals surface area contributed by atoms with Gasteiger partial charge in [0.2, 0.25) is 5.84 Å². The van der Waals surface area contributed by atoms with Gasteiger partial charge in [-0.3, -0.25) is 0 Å². The van der Waals surface area contributed by atoms with Crippen molar-refractivity contribution in [3.8, 4) is 0 Å². The summed E-state index contributed by atoms with van der Waals surface area (Å²) in [6.45, 7) is 3.11. The number of nitrogens with two attached hydrogens (primary N) is 1. The fourth-order valence-corrected chi connectivity index (χ4v) is 3.51. The first kappa shape index (κ1) is 22.6. The molecule has 5 nitrogen and oxygen atoms in total. The van der Waals surface area contributed by atoms with Gasteiger partial charge in [-0.15, -0.1) is 0 Å². The lowest BCUT2D eigenvalue weighted by Gasteiger charge is -2.32. The van der Waals surface area contributed by atoms with E-state index in [1.54, 1.807) is 6.20 Å². The van der Waals surface area contributed by atoms with Crippen LogP contribution in [0.15, 0.2) is 29.5 Å². The number of amidine groups is 1. The molecule has 0 aliphatic carbocycles. The van der Waals surface area contributed by atoms with Crippen molar-refractivity contribution in [3.05, 3.63) is 24.6 Å². The van der Waals surface area contributed by atoms with Gasteiger partial charge in [0.15, 0.2) is 0 Å². The van der Waals surface area contributed by atoms with E-state index in [0.29, 0.717) is 13.1 Å². The Bertz CT molecular complexity index is 486. The maximum Gasteiger partial charge on any atom is 0.207 e. The summed E-state index contributed by atoms with van der Waals surface area (Å²) >= 11 is 0. The summed E-state index contributed by atoms with van der Waals surface area (Å²) < 4.78 is 0.241. The second kappa shape index (κ2) is 13.7. The van der Waals surface area contributed by atoms with Gasteiger partial charge in [0.1, 0.15) is 19.3 Å². The Kier molecular flexibility index (Phi) is 11.9. The molecule has 1 heterocycles. The molecule has 0 amide bonds. The molecule has 5 heteroatoms. The lowest BCUT2D eigenvalue weighted by atomic mass is 10.1. The van der Waals surface area contributed by atoms with Crippen LogP contribution < -0.4 is 10.8 Å². The second-order valence-corrected chi connectivity index (χ2v) is 7.17. The molecule has 0 radical (unpaired) electrons. The number of rotatable bonds is 16. The number of hydrogen-bond donors (Lipinski definition) is 1. The Balaban J connectivity index is 2.12. The molecule has 0 bridgehead atoms. The molecule has 0 saturated carbocycles. The number of aliphatic imine (C=N–C) groups is 1. The van der Waals surface area contributed by atoms with Crippen LogP contribution in [0, 0.1) is 0 Å². The zero-order chi connectivity index (χ0) is 19.1. The number of carboxylic acids is 1. The zero-order valence-electron chi connectivity index (χ0n) is 16.5. The average Bonchev–Trinajstić information content (AvgIpc) is 2.97. The number of aliphatic carboxylic acids is 1. The third kappa shape index (κ3) is 8.77. The number of carbonyl (C=O) groups excluding carboxylic acids is 1. The summed E-state index contributed by atoms with van der Waals surface area (Å²) in [5, 5.41) is 11.1. The first-order valence-corrected chi connectivity index (χ1v) is 10.3. The molecule has 0 fully saturated rings. The Morgan fingerprint density at radius 1 is 1.12 bits per heavy atom. The fourth-order valence-electron chi connectivity index (χ4n) is 3.51. The monoisotopic (exact) mass is 363 g/mol. The number of quaternary nitrogens is 1. The molecule has 1 aliphatic heterocycles. The molecule has 0 aromatic heterocycles. The highest BCUT2D eigenvalue weighted by Crippen LogP contribution is 2.21. The van der Waals surface area contributed by atoms with Crippen LogP contribution in [-0.4, -0.2) is 35.9 Å². The third-order valence-corrected chi connectivity index (χ3v) is 4.95. The van der Waals surface area contributed by atoms with Gasteiger partial charge >= 0.3 is 0 Å². The highest BCUT2D eigenvalue weighted by atomic mass is 16.4. The summed E-state index contributed by atoms with van der Waals surface area (Å²) in [6, 6.07) is 0. The van der Waals surface area contributed by atoms with E-state index in [2.05, 4.69) is 24.1 Å². The van der Waals surface area contributed by atoms with Crippen molar-refractivity contribution < 1.29 is 14.4 Å². The van der Waals surface area contributed by atoms with Gasteiger partial charge in [-0.05, 0) is 25.7 Å². The zero-order valence-corrected chi connectivity index (χ0v) is 16.5. The topological polar surface area (TPSA) is 78.5 Å². The first-order chi connectivity index (χ1) is 12.6. The smallest absolute Gasteiger partial charge is 0.207 e. The van der Waals surface area contributed by atoms with Crippen molar-refractivity contribution in [1.29, 1.82) is 0 Å². The van der Waals surface area contributed by atoms with Crippen molar-refractivity contribution in [3.63, 3.8) is 0 Å². The molecule has 1 aliphatic rings.